The van der Waals surface area contributed by atoms with Gasteiger partial charge in [0.05, 0.1) is 64.4 Å². The Kier molecular flexibility index (Phi) is 8.79. The molecule has 0 aliphatic heterocycles. The third kappa shape index (κ3) is 6.39. The summed E-state index contributed by atoms with van der Waals surface area (Å²) in [5.74, 6) is -1.08. The van der Waals surface area contributed by atoms with Crippen molar-refractivity contribution in [1.82, 2.24) is 19.2 Å². The molecule has 0 radical (unpaired) electrons. The average molecular weight is 655 g/mol. The van der Waals surface area contributed by atoms with Gasteiger partial charge in [-0.25, -0.2) is 9.03 Å². The number of primary amides is 2. The molecule has 248 valence electrons. The van der Waals surface area contributed by atoms with Crippen LogP contribution >= 0.6 is 0 Å². The number of hydrogen-bond acceptors (Lipinski definition) is 10. The van der Waals surface area contributed by atoms with Crippen LogP contribution in [0.15, 0.2) is 49.1 Å². The summed E-state index contributed by atoms with van der Waals surface area (Å²) in [6.07, 6.45) is 9.70. The molecule has 4 atom stereocenters. The number of aromatic nitrogens is 4. The fraction of sp³-hybridized carbons (Fsp3) is 0.484. The van der Waals surface area contributed by atoms with E-state index in [1.807, 2.05) is 58.2 Å². The Labute approximate surface area is 267 Å². The summed E-state index contributed by atoms with van der Waals surface area (Å²) in [4.78, 5) is 23.5. The van der Waals surface area contributed by atoms with Gasteiger partial charge in [0.2, 0.25) is 0 Å². The van der Waals surface area contributed by atoms with Crippen LogP contribution < -0.4 is 22.1 Å². The van der Waals surface area contributed by atoms with E-state index in [1.54, 1.807) is 15.2 Å². The van der Waals surface area contributed by atoms with Crippen molar-refractivity contribution in [3.8, 4) is 0 Å². The van der Waals surface area contributed by atoms with Crippen LogP contribution in [0, 0.1) is 10.8 Å². The highest BCUT2D eigenvalue weighted by Crippen LogP contribution is 2.43. The zero-order chi connectivity index (χ0) is 33.6. The highest BCUT2D eigenvalue weighted by atomic mass is 32.2. The highest BCUT2D eigenvalue weighted by Gasteiger charge is 2.46. The van der Waals surface area contributed by atoms with Gasteiger partial charge in [0.1, 0.15) is 0 Å². The van der Waals surface area contributed by atoms with Gasteiger partial charge in [-0.05, 0) is 49.9 Å². The van der Waals surface area contributed by atoms with Gasteiger partial charge in [-0.3, -0.25) is 13.8 Å². The van der Waals surface area contributed by atoms with Crippen LogP contribution in [-0.2, 0) is 14.3 Å². The first-order chi connectivity index (χ1) is 21.5. The minimum Gasteiger partial charge on any atom is -0.392 e. The number of nitrogens with one attached hydrogen (secondary N) is 2. The Balaban J connectivity index is 0.000000184. The van der Waals surface area contributed by atoms with Crippen molar-refractivity contribution in [3.63, 3.8) is 0 Å². The maximum atomic E-state index is 11.8. The molecule has 4 aromatic heterocycles. The summed E-state index contributed by atoms with van der Waals surface area (Å²) in [5, 5.41) is 25.3. The van der Waals surface area contributed by atoms with Crippen LogP contribution in [0.2, 0.25) is 0 Å². The lowest BCUT2D eigenvalue weighted by Gasteiger charge is -2.33. The first kappa shape index (κ1) is 33.2. The zero-order valence-electron chi connectivity index (χ0n) is 26.6. The number of nitrogens with two attached hydrogens (primary N) is 2. The zero-order valence-corrected chi connectivity index (χ0v) is 27.4. The van der Waals surface area contributed by atoms with E-state index in [2.05, 4.69) is 20.8 Å². The number of fused-ring (bicyclic) bond motifs is 2. The predicted molar refractivity (Wildman–Crippen MR) is 174 cm³/mol. The van der Waals surface area contributed by atoms with Gasteiger partial charge in [0.15, 0.2) is 0 Å². The Hall–Kier alpha value is -4.21. The number of hydrogen-bond donors (Lipinski definition) is 5. The van der Waals surface area contributed by atoms with E-state index in [0.717, 1.165) is 30.1 Å². The molecular weight excluding hydrogens is 612 g/mol. The second-order valence-electron chi connectivity index (χ2n) is 13.3. The SMILES string of the molecule is CC1(C)[C@@H](O)CC[C@H]1Nc1c(C(N)=O)cnn2cccc12.CC1(C)[C@@H](OS(C)(=O)=O)CC[C@H]1Nc1c(C(N)=O)cnn2cccc12. The normalized spacial score (nSPS) is 23.6. The fourth-order valence-corrected chi connectivity index (χ4v) is 7.27. The minimum atomic E-state index is -3.54. The molecule has 14 nitrogen and oxygen atoms in total. The first-order valence-corrected chi connectivity index (χ1v) is 16.9. The smallest absolute Gasteiger partial charge is 0.264 e. The van der Waals surface area contributed by atoms with Crippen LogP contribution in [-0.4, -0.2) is 75.1 Å². The number of rotatable bonds is 8. The summed E-state index contributed by atoms with van der Waals surface area (Å²) < 4.78 is 31.6. The lowest BCUT2D eigenvalue weighted by Crippen LogP contribution is -2.40. The topological polar surface area (TPSA) is 208 Å². The number of carbonyl (C=O) groups is 2. The van der Waals surface area contributed by atoms with Crippen molar-refractivity contribution in [1.29, 1.82) is 0 Å². The summed E-state index contributed by atoms with van der Waals surface area (Å²) in [5.41, 5.74) is 13.8. The van der Waals surface area contributed by atoms with E-state index in [4.69, 9.17) is 15.7 Å². The van der Waals surface area contributed by atoms with Crippen LogP contribution in [0.25, 0.3) is 11.0 Å². The molecule has 4 aromatic rings. The van der Waals surface area contributed by atoms with E-state index in [1.165, 1.54) is 12.4 Å². The van der Waals surface area contributed by atoms with E-state index in [0.29, 0.717) is 35.3 Å². The van der Waals surface area contributed by atoms with Crippen molar-refractivity contribution >= 4 is 44.3 Å². The highest BCUT2D eigenvalue weighted by molar-refractivity contribution is 7.86. The molecule has 0 bridgehead atoms. The van der Waals surface area contributed by atoms with Crippen molar-refractivity contribution in [2.75, 3.05) is 16.9 Å². The van der Waals surface area contributed by atoms with E-state index < -0.39 is 33.5 Å². The molecule has 2 aliphatic carbocycles. The number of nitrogens with zero attached hydrogens (tertiary/aromatic N) is 4. The molecule has 2 fully saturated rings. The molecule has 0 unspecified atom stereocenters. The third-order valence-corrected chi connectivity index (χ3v) is 10.1. The van der Waals surface area contributed by atoms with Gasteiger partial charge in [0.25, 0.3) is 21.9 Å². The predicted octanol–water partition coefficient (Wildman–Crippen LogP) is 2.77. The lowest BCUT2D eigenvalue weighted by molar-refractivity contribution is 0.0748. The first-order valence-electron chi connectivity index (χ1n) is 15.1. The quantitative estimate of drug-likeness (QED) is 0.176. The number of aliphatic hydroxyl groups is 1. The molecule has 6 rings (SSSR count). The molecule has 0 spiro atoms. The number of carbonyl (C=O) groups excluding carboxylic acids is 2. The van der Waals surface area contributed by atoms with Gasteiger partial charge in [-0.15, -0.1) is 0 Å². The average Bonchev–Trinajstić information content (AvgIpc) is 3.74. The van der Waals surface area contributed by atoms with Gasteiger partial charge in [-0.2, -0.15) is 18.6 Å². The maximum Gasteiger partial charge on any atom is 0.264 e. The molecule has 46 heavy (non-hydrogen) atoms. The summed E-state index contributed by atoms with van der Waals surface area (Å²) >= 11 is 0. The van der Waals surface area contributed by atoms with E-state index in [9.17, 15) is 23.1 Å². The Morgan fingerprint density at radius 3 is 1.72 bits per heavy atom. The molecule has 2 saturated carbocycles. The minimum absolute atomic E-state index is 0.0756. The summed E-state index contributed by atoms with van der Waals surface area (Å²) in [6, 6.07) is 7.42. The van der Waals surface area contributed by atoms with Crippen molar-refractivity contribution < 1.29 is 27.3 Å². The van der Waals surface area contributed by atoms with Crippen LogP contribution in [0.4, 0.5) is 11.4 Å². The summed E-state index contributed by atoms with van der Waals surface area (Å²) in [7, 11) is -3.54. The lowest BCUT2D eigenvalue weighted by atomic mass is 9.85. The van der Waals surface area contributed by atoms with Crippen molar-refractivity contribution in [3.05, 3.63) is 60.2 Å². The Morgan fingerprint density at radius 1 is 0.848 bits per heavy atom. The van der Waals surface area contributed by atoms with Gasteiger partial charge in [-0.1, -0.05) is 27.7 Å². The number of amides is 2. The second-order valence-corrected chi connectivity index (χ2v) is 14.9. The standard InChI is InChI=1S/C16H22N4O4S.C15H20N4O2/c1-16(2)12(6-7-13(16)24-25(3,22)23)19-14-10(15(17)21)9-18-20-8-4-5-11(14)20;1-15(2)11(5-6-12(15)20)18-13-9(14(16)21)8-17-19-7-3-4-10(13)19/h4-5,8-9,12-13,19H,6-7H2,1-3H3,(H2,17,21);3-4,7-8,11-12,18,20H,5-6H2,1-2H3,(H2,16,21)/t12-,13+;11-,12+/m11/s1. The van der Waals surface area contributed by atoms with Crippen LogP contribution in [0.1, 0.15) is 74.1 Å². The summed E-state index contributed by atoms with van der Waals surface area (Å²) in [6.45, 7) is 7.97. The number of aliphatic hydroxyl groups excluding tert-OH is 1. The molecule has 15 heteroatoms. The molecular formula is C31H42N8O6S. The van der Waals surface area contributed by atoms with E-state index >= 15 is 0 Å². The molecule has 0 aromatic carbocycles. The van der Waals surface area contributed by atoms with E-state index in [-0.39, 0.29) is 23.6 Å². The van der Waals surface area contributed by atoms with Gasteiger partial charge in [0, 0.05) is 35.3 Å². The van der Waals surface area contributed by atoms with Crippen LogP contribution in [0.3, 0.4) is 0 Å². The van der Waals surface area contributed by atoms with Crippen molar-refractivity contribution in [2.45, 2.75) is 77.7 Å². The van der Waals surface area contributed by atoms with Crippen molar-refractivity contribution in [2.24, 2.45) is 22.3 Å². The largest absolute Gasteiger partial charge is 0.392 e. The Bertz CT molecular complexity index is 1880. The molecule has 7 N–H and O–H groups in total. The molecule has 4 heterocycles. The molecule has 0 saturated heterocycles. The molecule has 2 amide bonds. The maximum absolute atomic E-state index is 11.8. The molecule has 2 aliphatic rings. The van der Waals surface area contributed by atoms with Gasteiger partial charge < -0.3 is 27.2 Å². The van der Waals surface area contributed by atoms with Gasteiger partial charge >= 0.3 is 0 Å². The fourth-order valence-electron chi connectivity index (χ4n) is 6.50. The third-order valence-electron chi connectivity index (χ3n) is 9.52. The second kappa shape index (κ2) is 12.2. The van der Waals surface area contributed by atoms with Crippen LogP contribution in [0.5, 0.6) is 0 Å². The number of anilines is 2. The Morgan fingerprint density at radius 2 is 1.30 bits per heavy atom. The monoisotopic (exact) mass is 654 g/mol.